The van der Waals surface area contributed by atoms with Crippen molar-refractivity contribution in [2.24, 2.45) is 5.92 Å². The Bertz CT molecular complexity index is 538. The van der Waals surface area contributed by atoms with Gasteiger partial charge in [0, 0.05) is 11.1 Å². The normalized spacial score (nSPS) is 22.2. The van der Waals surface area contributed by atoms with Crippen molar-refractivity contribution in [1.82, 2.24) is 0 Å². The van der Waals surface area contributed by atoms with Gasteiger partial charge in [0.2, 0.25) is 0 Å². The highest BCUT2D eigenvalue weighted by Crippen LogP contribution is 2.30. The summed E-state index contributed by atoms with van der Waals surface area (Å²) in [5, 5.41) is 0. The molecule has 1 atom stereocenters. The number of carbonyl (C=O) groups excluding carboxylic acids is 2. The first-order chi connectivity index (χ1) is 7.65. The van der Waals surface area contributed by atoms with Gasteiger partial charge in [0.05, 0.1) is 6.42 Å². The van der Waals surface area contributed by atoms with E-state index in [1.165, 1.54) is 5.56 Å². The number of hydrogen-bond acceptors (Lipinski definition) is 2. The summed E-state index contributed by atoms with van der Waals surface area (Å²) in [5.74, 6) is 0.456. The van der Waals surface area contributed by atoms with Crippen LogP contribution in [-0.2, 0) is 6.42 Å². The van der Waals surface area contributed by atoms with Crippen molar-refractivity contribution in [2.45, 2.75) is 19.8 Å². The lowest BCUT2D eigenvalue weighted by Gasteiger charge is -2.16. The van der Waals surface area contributed by atoms with Gasteiger partial charge in [-0.2, -0.15) is 0 Å². The molecule has 0 amide bonds. The van der Waals surface area contributed by atoms with Crippen LogP contribution in [0.1, 0.15) is 45.2 Å². The second kappa shape index (κ2) is 3.14. The van der Waals surface area contributed by atoms with Crippen LogP contribution in [0.25, 0.3) is 6.08 Å². The van der Waals surface area contributed by atoms with Gasteiger partial charge in [-0.15, -0.1) is 0 Å². The van der Waals surface area contributed by atoms with Crippen LogP contribution in [0, 0.1) is 5.92 Å². The molecule has 0 N–H and O–H groups in total. The number of fused-ring (bicyclic) bond motifs is 2. The summed E-state index contributed by atoms with van der Waals surface area (Å²) in [4.78, 5) is 23.2. The number of benzene rings is 1. The largest absolute Gasteiger partial charge is 0.294 e. The average Bonchev–Trinajstić information content (AvgIpc) is 2.52. The Morgan fingerprint density at radius 3 is 2.56 bits per heavy atom. The molecule has 80 valence electrons. The lowest BCUT2D eigenvalue weighted by Crippen LogP contribution is -2.05. The Hall–Kier alpha value is -1.70. The number of Topliss-reactive ketones (excluding diaryl/α,β-unsaturated/α-hetero) is 2. The number of ketones is 2. The molecular weight excluding hydrogens is 200 g/mol. The molecule has 0 aromatic heterocycles. The Labute approximate surface area is 94.0 Å². The van der Waals surface area contributed by atoms with E-state index in [2.05, 4.69) is 19.1 Å². The Morgan fingerprint density at radius 1 is 1.12 bits per heavy atom. The molecule has 2 aliphatic rings. The highest BCUT2D eigenvalue weighted by atomic mass is 16.2. The molecule has 0 heterocycles. The molecule has 0 saturated heterocycles. The van der Waals surface area contributed by atoms with Crippen molar-refractivity contribution in [3.63, 3.8) is 0 Å². The van der Waals surface area contributed by atoms with E-state index in [1.54, 1.807) is 0 Å². The SMILES string of the molecule is CC1C=Cc2cc3c(cc2C1)C(=O)CC3=O. The summed E-state index contributed by atoms with van der Waals surface area (Å²) < 4.78 is 0. The minimum absolute atomic E-state index is 0.0231. The maximum atomic E-state index is 11.6. The molecule has 1 aromatic rings. The standard InChI is InChI=1S/C14H12O2/c1-8-2-3-9-5-11-12(6-10(9)4-8)14(16)7-13(11)15/h2-3,5-6,8H,4,7H2,1H3. The van der Waals surface area contributed by atoms with Gasteiger partial charge in [0.1, 0.15) is 0 Å². The van der Waals surface area contributed by atoms with Crippen LogP contribution in [0.2, 0.25) is 0 Å². The fourth-order valence-corrected chi connectivity index (χ4v) is 2.47. The molecule has 1 aromatic carbocycles. The van der Waals surface area contributed by atoms with Crippen molar-refractivity contribution >= 4 is 17.6 Å². The molecule has 2 heteroatoms. The second-order valence-corrected chi connectivity index (χ2v) is 4.66. The van der Waals surface area contributed by atoms with E-state index in [0.29, 0.717) is 17.0 Å². The van der Waals surface area contributed by atoms with E-state index in [4.69, 9.17) is 0 Å². The Kier molecular flexibility index (Phi) is 1.87. The second-order valence-electron chi connectivity index (χ2n) is 4.66. The van der Waals surface area contributed by atoms with E-state index in [-0.39, 0.29) is 18.0 Å². The minimum Gasteiger partial charge on any atom is -0.294 e. The van der Waals surface area contributed by atoms with Crippen LogP contribution >= 0.6 is 0 Å². The van der Waals surface area contributed by atoms with Gasteiger partial charge in [-0.1, -0.05) is 19.1 Å². The van der Waals surface area contributed by atoms with E-state index < -0.39 is 0 Å². The van der Waals surface area contributed by atoms with Crippen molar-refractivity contribution in [1.29, 1.82) is 0 Å². The molecule has 0 spiro atoms. The predicted octanol–water partition coefficient (Wildman–Crippen LogP) is 2.66. The predicted molar refractivity (Wildman–Crippen MR) is 61.6 cm³/mol. The van der Waals surface area contributed by atoms with Crippen LogP contribution in [0.15, 0.2) is 18.2 Å². The van der Waals surface area contributed by atoms with Crippen molar-refractivity contribution in [2.75, 3.05) is 0 Å². The van der Waals surface area contributed by atoms with E-state index >= 15 is 0 Å². The van der Waals surface area contributed by atoms with Crippen molar-refractivity contribution < 1.29 is 9.59 Å². The van der Waals surface area contributed by atoms with Crippen LogP contribution in [0.5, 0.6) is 0 Å². The van der Waals surface area contributed by atoms with Crippen LogP contribution in [-0.4, -0.2) is 11.6 Å². The van der Waals surface area contributed by atoms with Gasteiger partial charge in [-0.25, -0.2) is 0 Å². The molecule has 1 unspecified atom stereocenters. The maximum Gasteiger partial charge on any atom is 0.171 e. The van der Waals surface area contributed by atoms with Crippen molar-refractivity contribution in [3.05, 3.63) is 40.5 Å². The minimum atomic E-state index is -0.0326. The topological polar surface area (TPSA) is 34.1 Å². The zero-order chi connectivity index (χ0) is 11.3. The lowest BCUT2D eigenvalue weighted by atomic mass is 9.88. The first kappa shape index (κ1) is 9.52. The van der Waals surface area contributed by atoms with Crippen LogP contribution in [0.4, 0.5) is 0 Å². The summed E-state index contributed by atoms with van der Waals surface area (Å²) in [7, 11) is 0. The third-order valence-electron chi connectivity index (χ3n) is 3.35. The third kappa shape index (κ3) is 1.26. The molecule has 0 fully saturated rings. The summed E-state index contributed by atoms with van der Waals surface area (Å²) in [6, 6.07) is 3.79. The first-order valence-electron chi connectivity index (χ1n) is 5.56. The maximum absolute atomic E-state index is 11.6. The van der Waals surface area contributed by atoms with Crippen molar-refractivity contribution in [3.8, 4) is 0 Å². The van der Waals surface area contributed by atoms with Gasteiger partial charge >= 0.3 is 0 Å². The molecule has 3 rings (SSSR count). The fraction of sp³-hybridized carbons (Fsp3) is 0.286. The molecule has 0 radical (unpaired) electrons. The van der Waals surface area contributed by atoms with Gasteiger partial charge in [-0.05, 0) is 35.6 Å². The number of allylic oxidation sites excluding steroid dienone is 1. The van der Waals surface area contributed by atoms with Crippen LogP contribution < -0.4 is 0 Å². The quantitative estimate of drug-likeness (QED) is 0.619. The smallest absolute Gasteiger partial charge is 0.171 e. The molecular formula is C14H12O2. The Balaban J connectivity index is 2.20. The molecule has 0 bridgehead atoms. The van der Waals surface area contributed by atoms with Gasteiger partial charge in [-0.3, -0.25) is 9.59 Å². The monoisotopic (exact) mass is 212 g/mol. The zero-order valence-corrected chi connectivity index (χ0v) is 9.12. The number of hydrogen-bond donors (Lipinski definition) is 0. The summed E-state index contributed by atoms with van der Waals surface area (Å²) >= 11 is 0. The highest BCUT2D eigenvalue weighted by Gasteiger charge is 2.28. The van der Waals surface area contributed by atoms with E-state index in [0.717, 1.165) is 12.0 Å². The molecule has 0 saturated carbocycles. The van der Waals surface area contributed by atoms with Gasteiger partial charge in [0.25, 0.3) is 0 Å². The molecule has 0 aliphatic heterocycles. The molecule has 16 heavy (non-hydrogen) atoms. The van der Waals surface area contributed by atoms with E-state index in [1.807, 2.05) is 12.1 Å². The van der Waals surface area contributed by atoms with Gasteiger partial charge in [0.15, 0.2) is 11.6 Å². The highest BCUT2D eigenvalue weighted by molar-refractivity contribution is 6.24. The van der Waals surface area contributed by atoms with Crippen LogP contribution in [0.3, 0.4) is 0 Å². The molecule has 2 nitrogen and oxygen atoms in total. The average molecular weight is 212 g/mol. The Morgan fingerprint density at radius 2 is 1.81 bits per heavy atom. The number of carbonyl (C=O) groups is 2. The first-order valence-corrected chi connectivity index (χ1v) is 5.56. The summed E-state index contributed by atoms with van der Waals surface area (Å²) in [5.41, 5.74) is 3.53. The summed E-state index contributed by atoms with van der Waals surface area (Å²) in [6.07, 6.45) is 5.22. The van der Waals surface area contributed by atoms with Gasteiger partial charge < -0.3 is 0 Å². The molecule has 2 aliphatic carbocycles. The summed E-state index contributed by atoms with van der Waals surface area (Å²) in [6.45, 7) is 2.15. The fourth-order valence-electron chi connectivity index (χ4n) is 2.47. The number of rotatable bonds is 0. The van der Waals surface area contributed by atoms with E-state index in [9.17, 15) is 9.59 Å². The lowest BCUT2D eigenvalue weighted by molar-refractivity contribution is 0.0923. The zero-order valence-electron chi connectivity index (χ0n) is 9.12. The third-order valence-corrected chi connectivity index (χ3v) is 3.35.